The molecule has 0 radical (unpaired) electrons. The lowest BCUT2D eigenvalue weighted by molar-refractivity contribution is 0.149. The number of imidazole rings is 1. The topological polar surface area (TPSA) is 36.3 Å². The quantitative estimate of drug-likeness (QED) is 0.818. The molecule has 19 heavy (non-hydrogen) atoms. The summed E-state index contributed by atoms with van der Waals surface area (Å²) in [5, 5.41) is 3.43. The van der Waals surface area contributed by atoms with Gasteiger partial charge in [0.25, 0.3) is 0 Å². The maximum atomic E-state index is 4.44. The van der Waals surface area contributed by atoms with Crippen molar-refractivity contribution in [3.63, 3.8) is 0 Å². The lowest BCUT2D eigenvalue weighted by Gasteiger charge is -2.32. The van der Waals surface area contributed by atoms with Crippen LogP contribution in [0.2, 0.25) is 0 Å². The highest BCUT2D eigenvalue weighted by atomic mass is 15.3. The minimum Gasteiger partial charge on any atom is -0.333 e. The molecule has 1 aromatic heterocycles. The second-order valence-electron chi connectivity index (χ2n) is 5.72. The number of nitrogens with zero attached hydrogens (tertiary/aromatic N) is 4. The van der Waals surface area contributed by atoms with Gasteiger partial charge in [0.1, 0.15) is 5.82 Å². The zero-order valence-electron chi connectivity index (χ0n) is 12.5. The molecule has 5 heteroatoms. The summed E-state index contributed by atoms with van der Waals surface area (Å²) in [7, 11) is 2.20. The van der Waals surface area contributed by atoms with Crippen LogP contribution in [0.3, 0.4) is 0 Å². The van der Waals surface area contributed by atoms with Gasteiger partial charge in [0.2, 0.25) is 0 Å². The van der Waals surface area contributed by atoms with Gasteiger partial charge in [-0.05, 0) is 7.05 Å². The Morgan fingerprint density at radius 3 is 2.63 bits per heavy atom. The summed E-state index contributed by atoms with van der Waals surface area (Å²) in [4.78, 5) is 9.37. The van der Waals surface area contributed by atoms with E-state index in [9.17, 15) is 0 Å². The minimum atomic E-state index is 0.503. The van der Waals surface area contributed by atoms with E-state index < -0.39 is 0 Å². The fraction of sp³-hybridized carbons (Fsp3) is 0.786. The molecule has 2 rings (SSSR count). The molecule has 0 bridgehead atoms. The largest absolute Gasteiger partial charge is 0.333 e. The van der Waals surface area contributed by atoms with E-state index in [1.54, 1.807) is 0 Å². The first-order chi connectivity index (χ1) is 9.15. The molecule has 0 aromatic carbocycles. The predicted octanol–water partition coefficient (Wildman–Crippen LogP) is 0.629. The molecular weight excluding hydrogens is 238 g/mol. The van der Waals surface area contributed by atoms with Crippen LogP contribution in [-0.2, 0) is 13.1 Å². The van der Waals surface area contributed by atoms with Gasteiger partial charge in [0.05, 0.1) is 6.54 Å². The summed E-state index contributed by atoms with van der Waals surface area (Å²) < 4.78 is 2.27. The third-order valence-corrected chi connectivity index (χ3v) is 3.72. The summed E-state index contributed by atoms with van der Waals surface area (Å²) in [6.07, 6.45) is 3.99. The van der Waals surface area contributed by atoms with E-state index >= 15 is 0 Å². The van der Waals surface area contributed by atoms with E-state index in [4.69, 9.17) is 0 Å². The predicted molar refractivity (Wildman–Crippen MR) is 78.1 cm³/mol. The molecule has 0 spiro atoms. The third-order valence-electron chi connectivity index (χ3n) is 3.72. The lowest BCUT2D eigenvalue weighted by Crippen LogP contribution is -2.45. The summed E-state index contributed by atoms with van der Waals surface area (Å²) in [6.45, 7) is 12.1. The Balaban J connectivity index is 1.78. The smallest absolute Gasteiger partial charge is 0.122 e. The van der Waals surface area contributed by atoms with E-state index in [1.807, 2.05) is 6.20 Å². The van der Waals surface area contributed by atoms with Crippen LogP contribution < -0.4 is 5.32 Å². The highest BCUT2D eigenvalue weighted by Gasteiger charge is 2.13. The van der Waals surface area contributed by atoms with Crippen LogP contribution in [0.15, 0.2) is 12.4 Å². The van der Waals surface area contributed by atoms with E-state index in [-0.39, 0.29) is 0 Å². The number of hydrogen-bond donors (Lipinski definition) is 1. The van der Waals surface area contributed by atoms with Crippen LogP contribution in [0.1, 0.15) is 19.7 Å². The SMILES string of the molecule is CC(C)NCc1nccn1CCN1CCN(C)CC1. The molecule has 5 nitrogen and oxygen atoms in total. The van der Waals surface area contributed by atoms with Crippen LogP contribution in [-0.4, -0.2) is 65.2 Å². The van der Waals surface area contributed by atoms with Gasteiger partial charge in [0.15, 0.2) is 0 Å². The van der Waals surface area contributed by atoms with Gasteiger partial charge in [-0.1, -0.05) is 13.8 Å². The average Bonchev–Trinajstić information content (AvgIpc) is 2.83. The Kier molecular flexibility index (Phi) is 5.36. The lowest BCUT2D eigenvalue weighted by atomic mass is 10.3. The summed E-state index contributed by atoms with van der Waals surface area (Å²) >= 11 is 0. The zero-order chi connectivity index (χ0) is 13.7. The zero-order valence-corrected chi connectivity index (χ0v) is 12.5. The van der Waals surface area contributed by atoms with Crippen molar-refractivity contribution in [2.75, 3.05) is 39.8 Å². The first kappa shape index (κ1) is 14.5. The van der Waals surface area contributed by atoms with Crippen LogP contribution in [0.5, 0.6) is 0 Å². The highest BCUT2D eigenvalue weighted by Crippen LogP contribution is 2.02. The van der Waals surface area contributed by atoms with E-state index in [0.29, 0.717) is 6.04 Å². The molecule has 1 aromatic rings. The van der Waals surface area contributed by atoms with Gasteiger partial charge in [-0.2, -0.15) is 0 Å². The number of piperazine rings is 1. The van der Waals surface area contributed by atoms with Crippen LogP contribution >= 0.6 is 0 Å². The molecule has 0 amide bonds. The second-order valence-corrected chi connectivity index (χ2v) is 5.72. The fourth-order valence-corrected chi connectivity index (χ4v) is 2.33. The van der Waals surface area contributed by atoms with Gasteiger partial charge >= 0.3 is 0 Å². The van der Waals surface area contributed by atoms with Crippen molar-refractivity contribution in [2.45, 2.75) is 33.0 Å². The summed E-state index contributed by atoms with van der Waals surface area (Å²) in [5.74, 6) is 1.14. The highest BCUT2D eigenvalue weighted by molar-refractivity contribution is 4.92. The van der Waals surface area contributed by atoms with Gasteiger partial charge in [-0.3, -0.25) is 4.90 Å². The average molecular weight is 265 g/mol. The second kappa shape index (κ2) is 7.03. The molecule has 1 fully saturated rings. The maximum absolute atomic E-state index is 4.44. The minimum absolute atomic E-state index is 0.503. The van der Waals surface area contributed by atoms with E-state index in [0.717, 1.165) is 25.5 Å². The number of likely N-dealkylation sites (N-methyl/N-ethyl adjacent to an activating group) is 1. The standard InChI is InChI=1S/C14H27N5/c1-13(2)16-12-14-15-4-5-19(14)11-10-18-8-6-17(3)7-9-18/h4-5,13,16H,6-12H2,1-3H3. The Morgan fingerprint density at radius 1 is 1.21 bits per heavy atom. The Hall–Kier alpha value is -0.910. The van der Waals surface area contributed by atoms with Crippen LogP contribution in [0, 0.1) is 0 Å². The normalized spacial score (nSPS) is 18.3. The molecule has 1 aliphatic heterocycles. The first-order valence-corrected chi connectivity index (χ1v) is 7.29. The molecule has 108 valence electrons. The summed E-state index contributed by atoms with van der Waals surface area (Å²) in [6, 6.07) is 0.503. The van der Waals surface area contributed by atoms with E-state index in [1.165, 1.54) is 26.2 Å². The molecule has 0 unspecified atom stereocenters. The van der Waals surface area contributed by atoms with Crippen molar-refractivity contribution in [3.05, 3.63) is 18.2 Å². The number of hydrogen-bond acceptors (Lipinski definition) is 4. The van der Waals surface area contributed by atoms with Gasteiger partial charge in [-0.15, -0.1) is 0 Å². The molecular formula is C14H27N5. The molecule has 1 N–H and O–H groups in total. The third kappa shape index (κ3) is 4.60. The van der Waals surface area contributed by atoms with Crippen molar-refractivity contribution in [3.8, 4) is 0 Å². The Labute approximate surface area is 116 Å². The molecule has 2 heterocycles. The number of nitrogens with one attached hydrogen (secondary N) is 1. The maximum Gasteiger partial charge on any atom is 0.122 e. The van der Waals surface area contributed by atoms with Crippen LogP contribution in [0.25, 0.3) is 0 Å². The van der Waals surface area contributed by atoms with Gasteiger partial charge in [0, 0.05) is 57.7 Å². The van der Waals surface area contributed by atoms with Gasteiger partial charge in [-0.25, -0.2) is 4.98 Å². The Morgan fingerprint density at radius 2 is 1.95 bits per heavy atom. The molecule has 0 aliphatic carbocycles. The Bertz CT molecular complexity index is 366. The van der Waals surface area contributed by atoms with Crippen molar-refractivity contribution < 1.29 is 0 Å². The van der Waals surface area contributed by atoms with Crippen molar-refractivity contribution >= 4 is 0 Å². The molecule has 0 saturated carbocycles. The van der Waals surface area contributed by atoms with Crippen molar-refractivity contribution in [2.24, 2.45) is 0 Å². The number of rotatable bonds is 6. The first-order valence-electron chi connectivity index (χ1n) is 7.29. The van der Waals surface area contributed by atoms with Crippen molar-refractivity contribution in [1.29, 1.82) is 0 Å². The van der Waals surface area contributed by atoms with Crippen molar-refractivity contribution in [1.82, 2.24) is 24.7 Å². The van der Waals surface area contributed by atoms with E-state index in [2.05, 4.69) is 51.8 Å². The molecule has 0 atom stereocenters. The summed E-state index contributed by atoms with van der Waals surface area (Å²) in [5.41, 5.74) is 0. The van der Waals surface area contributed by atoms with Crippen LogP contribution in [0.4, 0.5) is 0 Å². The fourth-order valence-electron chi connectivity index (χ4n) is 2.33. The molecule has 1 aliphatic rings. The van der Waals surface area contributed by atoms with Gasteiger partial charge < -0.3 is 14.8 Å². The monoisotopic (exact) mass is 265 g/mol. The molecule has 1 saturated heterocycles. The number of aromatic nitrogens is 2.